The molecule has 1 aromatic rings. The second-order valence-corrected chi connectivity index (χ2v) is 5.84. The molecular weight excluding hydrogens is 282 g/mol. The topological polar surface area (TPSA) is 77.8 Å². The molecule has 0 saturated carbocycles. The maximum Gasteiger partial charge on any atom is 0.335 e. The number of carboxylic acids is 1. The average Bonchev–Trinajstić information content (AvgIpc) is 2.77. The quantitative estimate of drug-likeness (QED) is 0.838. The van der Waals surface area contributed by atoms with E-state index in [1.54, 1.807) is 0 Å². The Morgan fingerprint density at radius 2 is 2.14 bits per heavy atom. The number of hydrogen-bond acceptors (Lipinski definition) is 3. The summed E-state index contributed by atoms with van der Waals surface area (Å²) in [5, 5.41) is 19.3. The maximum absolute atomic E-state index is 12.4. The Kier molecular flexibility index (Phi) is 3.98. The standard InChI is InChI=1S/C17H19NO4/c19-15-13-7-6-12(17(21)22)10-14(13)16(20)18(15)9-8-11-4-2-1-3-5-11/h4,6-7,10,15,19H,1-3,5,8-9H2,(H,21,22). The van der Waals surface area contributed by atoms with Crippen LogP contribution in [0.1, 0.15) is 64.6 Å². The highest BCUT2D eigenvalue weighted by Gasteiger charge is 2.35. The number of amides is 1. The van der Waals surface area contributed by atoms with Gasteiger partial charge in [0.25, 0.3) is 5.91 Å². The number of carbonyl (C=O) groups is 2. The summed E-state index contributed by atoms with van der Waals surface area (Å²) in [5.74, 6) is -1.36. The first kappa shape index (κ1) is 14.8. The number of carbonyl (C=O) groups excluding carboxylic acids is 1. The molecule has 5 heteroatoms. The highest BCUT2D eigenvalue weighted by molar-refractivity contribution is 6.01. The molecule has 116 valence electrons. The second kappa shape index (κ2) is 5.93. The Balaban J connectivity index is 1.76. The molecule has 0 bridgehead atoms. The van der Waals surface area contributed by atoms with Gasteiger partial charge in [-0.1, -0.05) is 17.7 Å². The fraction of sp³-hybridized carbons (Fsp3) is 0.412. The Bertz CT molecular complexity index is 650. The summed E-state index contributed by atoms with van der Waals surface area (Å²) in [6, 6.07) is 4.30. The molecule has 22 heavy (non-hydrogen) atoms. The number of nitrogens with zero attached hydrogens (tertiary/aromatic N) is 1. The minimum atomic E-state index is -1.07. The van der Waals surface area contributed by atoms with Gasteiger partial charge in [0.1, 0.15) is 0 Å². The third-order valence-corrected chi connectivity index (χ3v) is 4.42. The lowest BCUT2D eigenvalue weighted by Crippen LogP contribution is -2.29. The van der Waals surface area contributed by atoms with Crippen LogP contribution in [0.3, 0.4) is 0 Å². The normalized spacial score (nSPS) is 20.8. The maximum atomic E-state index is 12.4. The molecule has 1 aliphatic carbocycles. The van der Waals surface area contributed by atoms with Crippen molar-refractivity contribution in [1.82, 2.24) is 4.90 Å². The van der Waals surface area contributed by atoms with Crippen LogP contribution in [0.5, 0.6) is 0 Å². The SMILES string of the molecule is O=C(O)c1ccc2c(c1)C(=O)N(CCC1=CCCCC1)C2O. The van der Waals surface area contributed by atoms with Gasteiger partial charge in [-0.2, -0.15) is 0 Å². The molecular formula is C17H19NO4. The fourth-order valence-corrected chi connectivity index (χ4v) is 3.15. The molecule has 5 nitrogen and oxygen atoms in total. The van der Waals surface area contributed by atoms with Crippen LogP contribution in [0.4, 0.5) is 0 Å². The number of allylic oxidation sites excluding steroid dienone is 1. The number of hydrogen-bond donors (Lipinski definition) is 2. The number of fused-ring (bicyclic) bond motifs is 1. The first-order valence-electron chi connectivity index (χ1n) is 7.62. The molecule has 0 saturated heterocycles. The van der Waals surface area contributed by atoms with Gasteiger partial charge >= 0.3 is 5.97 Å². The van der Waals surface area contributed by atoms with Gasteiger partial charge in [-0.25, -0.2) is 4.79 Å². The smallest absolute Gasteiger partial charge is 0.335 e. The zero-order valence-corrected chi connectivity index (χ0v) is 12.3. The number of rotatable bonds is 4. The first-order chi connectivity index (χ1) is 10.6. The van der Waals surface area contributed by atoms with Crippen molar-refractivity contribution in [3.63, 3.8) is 0 Å². The average molecular weight is 301 g/mol. The summed E-state index contributed by atoms with van der Waals surface area (Å²) in [6.07, 6.45) is 6.58. The Hall–Kier alpha value is -2.14. The van der Waals surface area contributed by atoms with E-state index in [1.165, 1.54) is 41.5 Å². The zero-order valence-electron chi connectivity index (χ0n) is 12.3. The van der Waals surface area contributed by atoms with Gasteiger partial charge in [0.05, 0.1) is 5.56 Å². The van der Waals surface area contributed by atoms with Crippen LogP contribution >= 0.6 is 0 Å². The van der Waals surface area contributed by atoms with E-state index < -0.39 is 12.2 Å². The van der Waals surface area contributed by atoms with Crippen LogP contribution in [0.15, 0.2) is 29.8 Å². The van der Waals surface area contributed by atoms with Crippen LogP contribution in [-0.2, 0) is 0 Å². The molecule has 0 fully saturated rings. The molecule has 2 aliphatic rings. The molecule has 1 unspecified atom stereocenters. The monoisotopic (exact) mass is 301 g/mol. The number of aliphatic hydroxyl groups is 1. The van der Waals surface area contributed by atoms with Crippen molar-refractivity contribution in [2.45, 2.75) is 38.3 Å². The van der Waals surface area contributed by atoms with Crippen LogP contribution in [-0.4, -0.2) is 33.5 Å². The molecule has 1 heterocycles. The second-order valence-electron chi connectivity index (χ2n) is 5.84. The molecule has 0 aromatic heterocycles. The van der Waals surface area contributed by atoms with Crippen LogP contribution < -0.4 is 0 Å². The molecule has 2 N–H and O–H groups in total. The molecule has 1 amide bonds. The van der Waals surface area contributed by atoms with Gasteiger partial charge in [-0.15, -0.1) is 0 Å². The van der Waals surface area contributed by atoms with Crippen LogP contribution in [0, 0.1) is 0 Å². The van der Waals surface area contributed by atoms with Gasteiger partial charge in [0.15, 0.2) is 6.23 Å². The van der Waals surface area contributed by atoms with Crippen LogP contribution in [0.25, 0.3) is 0 Å². The van der Waals surface area contributed by atoms with Crippen molar-refractivity contribution in [1.29, 1.82) is 0 Å². The van der Waals surface area contributed by atoms with Crippen LogP contribution in [0.2, 0.25) is 0 Å². The summed E-state index contributed by atoms with van der Waals surface area (Å²) in [5.41, 5.74) is 2.20. The summed E-state index contributed by atoms with van der Waals surface area (Å²) < 4.78 is 0. The van der Waals surface area contributed by atoms with Gasteiger partial charge in [-0.3, -0.25) is 4.79 Å². The molecule has 0 radical (unpaired) electrons. The molecule has 1 aromatic carbocycles. The molecule has 1 aliphatic heterocycles. The van der Waals surface area contributed by atoms with E-state index in [0.29, 0.717) is 17.7 Å². The van der Waals surface area contributed by atoms with E-state index >= 15 is 0 Å². The number of aliphatic hydroxyl groups excluding tert-OH is 1. The highest BCUT2D eigenvalue weighted by atomic mass is 16.4. The van der Waals surface area contributed by atoms with Gasteiger partial charge in [0, 0.05) is 17.7 Å². The molecule has 3 rings (SSSR count). The lowest BCUT2D eigenvalue weighted by atomic mass is 9.97. The lowest BCUT2D eigenvalue weighted by molar-refractivity contribution is 0.0181. The van der Waals surface area contributed by atoms with E-state index in [2.05, 4.69) is 6.08 Å². The van der Waals surface area contributed by atoms with Gasteiger partial charge in [0.2, 0.25) is 0 Å². The number of carboxylic acid groups (broad SMARTS) is 1. The van der Waals surface area contributed by atoms with E-state index in [-0.39, 0.29) is 11.5 Å². The zero-order chi connectivity index (χ0) is 15.7. The Morgan fingerprint density at radius 3 is 2.82 bits per heavy atom. The van der Waals surface area contributed by atoms with E-state index in [9.17, 15) is 14.7 Å². The van der Waals surface area contributed by atoms with E-state index in [1.807, 2.05) is 0 Å². The van der Waals surface area contributed by atoms with E-state index in [0.717, 1.165) is 19.3 Å². The third kappa shape index (κ3) is 2.64. The Labute approximate surface area is 128 Å². The minimum absolute atomic E-state index is 0.0659. The van der Waals surface area contributed by atoms with Crippen molar-refractivity contribution in [2.24, 2.45) is 0 Å². The third-order valence-electron chi connectivity index (χ3n) is 4.42. The highest BCUT2D eigenvalue weighted by Crippen LogP contribution is 2.33. The summed E-state index contributed by atoms with van der Waals surface area (Å²) >= 11 is 0. The molecule has 1 atom stereocenters. The number of aromatic carboxylic acids is 1. The lowest BCUT2D eigenvalue weighted by Gasteiger charge is -2.22. The summed E-state index contributed by atoms with van der Waals surface area (Å²) in [7, 11) is 0. The predicted octanol–water partition coefficient (Wildman–Crippen LogP) is 2.72. The van der Waals surface area contributed by atoms with Crippen molar-refractivity contribution in [2.75, 3.05) is 6.54 Å². The van der Waals surface area contributed by atoms with Crippen molar-refractivity contribution >= 4 is 11.9 Å². The number of benzene rings is 1. The fourth-order valence-electron chi connectivity index (χ4n) is 3.15. The minimum Gasteiger partial charge on any atom is -0.478 e. The predicted molar refractivity (Wildman–Crippen MR) is 80.6 cm³/mol. The summed E-state index contributed by atoms with van der Waals surface area (Å²) in [6.45, 7) is 0.461. The molecule has 0 spiro atoms. The Morgan fingerprint density at radius 1 is 1.32 bits per heavy atom. The van der Waals surface area contributed by atoms with Crippen molar-refractivity contribution < 1.29 is 19.8 Å². The first-order valence-corrected chi connectivity index (χ1v) is 7.62. The van der Waals surface area contributed by atoms with Crippen molar-refractivity contribution in [3.8, 4) is 0 Å². The van der Waals surface area contributed by atoms with E-state index in [4.69, 9.17) is 5.11 Å². The van der Waals surface area contributed by atoms with Crippen molar-refractivity contribution in [3.05, 3.63) is 46.5 Å². The van der Waals surface area contributed by atoms with Gasteiger partial charge in [-0.05, 0) is 44.2 Å². The summed E-state index contributed by atoms with van der Waals surface area (Å²) in [4.78, 5) is 24.8. The van der Waals surface area contributed by atoms with Gasteiger partial charge < -0.3 is 15.1 Å². The largest absolute Gasteiger partial charge is 0.478 e.